The van der Waals surface area contributed by atoms with Gasteiger partial charge in [-0.1, -0.05) is 70.9 Å². The second-order valence-electron chi connectivity index (χ2n) is 10.0. The maximum atomic E-state index is 14.7. The third-order valence-electron chi connectivity index (χ3n) is 7.46. The minimum absolute atomic E-state index is 0.00294. The van der Waals surface area contributed by atoms with E-state index in [-0.39, 0.29) is 12.1 Å². The highest BCUT2D eigenvalue weighted by molar-refractivity contribution is 5.27. The first-order valence-corrected chi connectivity index (χ1v) is 13.2. The van der Waals surface area contributed by atoms with Gasteiger partial charge in [-0.2, -0.15) is 0 Å². The molecule has 2 aliphatic rings. The fraction of sp³-hybridized carbons (Fsp3) is 0.786. The van der Waals surface area contributed by atoms with Crippen molar-refractivity contribution in [3.05, 3.63) is 35.1 Å². The number of hydrogen-bond acceptors (Lipinski definition) is 2. The van der Waals surface area contributed by atoms with E-state index in [9.17, 15) is 4.39 Å². The summed E-state index contributed by atoms with van der Waals surface area (Å²) in [7, 11) is 0. The van der Waals surface area contributed by atoms with E-state index >= 15 is 0 Å². The molecule has 1 saturated carbocycles. The van der Waals surface area contributed by atoms with Crippen LogP contribution in [0.2, 0.25) is 0 Å². The van der Waals surface area contributed by atoms with Crippen LogP contribution in [0.4, 0.5) is 4.39 Å². The van der Waals surface area contributed by atoms with Gasteiger partial charge < -0.3 is 9.47 Å². The van der Waals surface area contributed by atoms with Crippen LogP contribution >= 0.6 is 0 Å². The molecular formula is C28H45FO2. The average Bonchev–Trinajstić information content (AvgIpc) is 2.80. The minimum Gasteiger partial charge on any atom is -0.352 e. The second-order valence-corrected chi connectivity index (χ2v) is 10.0. The zero-order chi connectivity index (χ0) is 21.9. The summed E-state index contributed by atoms with van der Waals surface area (Å²) in [4.78, 5) is 0. The quantitative estimate of drug-likeness (QED) is 0.310. The van der Waals surface area contributed by atoms with Crippen molar-refractivity contribution in [2.45, 2.75) is 116 Å². The molecule has 1 aromatic rings. The first kappa shape index (κ1) is 24.7. The maximum Gasteiger partial charge on any atom is 0.160 e. The maximum absolute atomic E-state index is 14.7. The van der Waals surface area contributed by atoms with Crippen molar-refractivity contribution in [1.29, 1.82) is 0 Å². The lowest BCUT2D eigenvalue weighted by molar-refractivity contribution is -0.229. The largest absolute Gasteiger partial charge is 0.352 e. The van der Waals surface area contributed by atoms with E-state index in [0.29, 0.717) is 17.8 Å². The van der Waals surface area contributed by atoms with Gasteiger partial charge in [0.25, 0.3) is 0 Å². The van der Waals surface area contributed by atoms with Crippen LogP contribution in [0, 0.1) is 17.7 Å². The van der Waals surface area contributed by atoms with Crippen molar-refractivity contribution in [3.8, 4) is 0 Å². The summed E-state index contributed by atoms with van der Waals surface area (Å²) >= 11 is 0. The predicted octanol–water partition coefficient (Wildman–Crippen LogP) is 8.18. The zero-order valence-corrected chi connectivity index (χ0v) is 20.0. The molecule has 0 radical (unpaired) electrons. The third kappa shape index (κ3) is 7.86. The number of rotatable bonds is 12. The molecule has 1 heterocycles. The van der Waals surface area contributed by atoms with Gasteiger partial charge in [0, 0.05) is 11.8 Å². The molecule has 0 unspecified atom stereocenters. The van der Waals surface area contributed by atoms with Gasteiger partial charge in [-0.3, -0.25) is 0 Å². The summed E-state index contributed by atoms with van der Waals surface area (Å²) in [6.45, 7) is 6.20. The molecule has 3 rings (SSSR count). The number of ether oxygens (including phenoxy) is 2. The summed E-state index contributed by atoms with van der Waals surface area (Å²) in [6, 6.07) is 6.05. The van der Waals surface area contributed by atoms with Crippen LogP contribution in [-0.4, -0.2) is 19.5 Å². The summed E-state index contributed by atoms with van der Waals surface area (Å²) in [5.41, 5.74) is 2.08. The number of halogens is 1. The molecule has 0 spiro atoms. The first-order chi connectivity index (χ1) is 15.2. The normalized spacial score (nSPS) is 26.8. The molecule has 0 amide bonds. The van der Waals surface area contributed by atoms with E-state index in [1.54, 1.807) is 0 Å². The Bertz CT molecular complexity index is 615. The molecule has 0 bridgehead atoms. The van der Waals surface area contributed by atoms with Gasteiger partial charge in [-0.15, -0.1) is 0 Å². The van der Waals surface area contributed by atoms with E-state index in [0.717, 1.165) is 57.3 Å². The molecule has 3 heteroatoms. The summed E-state index contributed by atoms with van der Waals surface area (Å²) in [5.74, 6) is 1.56. The monoisotopic (exact) mass is 432 g/mol. The Labute approximate surface area is 190 Å². The van der Waals surface area contributed by atoms with E-state index in [4.69, 9.17) is 9.47 Å². The van der Waals surface area contributed by atoms with E-state index < -0.39 is 0 Å². The van der Waals surface area contributed by atoms with Gasteiger partial charge in [-0.25, -0.2) is 4.39 Å². The molecule has 1 aliphatic carbocycles. The van der Waals surface area contributed by atoms with Crippen molar-refractivity contribution in [1.82, 2.24) is 0 Å². The van der Waals surface area contributed by atoms with E-state index in [1.165, 1.54) is 56.9 Å². The smallest absolute Gasteiger partial charge is 0.160 e. The first-order valence-electron chi connectivity index (χ1n) is 13.2. The number of hydrogen-bond donors (Lipinski definition) is 0. The SMILES string of the molecule is CCCCCCCc1ccc([C@H]2CC[C@H](C3OCC(CCCCC)CO3)CC2)cc1F. The molecule has 0 N–H and O–H groups in total. The molecule has 2 fully saturated rings. The summed E-state index contributed by atoms with van der Waals surface area (Å²) < 4.78 is 26.9. The molecule has 0 aromatic heterocycles. The lowest BCUT2D eigenvalue weighted by Crippen LogP contribution is -2.38. The third-order valence-corrected chi connectivity index (χ3v) is 7.46. The molecule has 176 valence electrons. The predicted molar refractivity (Wildman–Crippen MR) is 127 cm³/mol. The fourth-order valence-corrected chi connectivity index (χ4v) is 5.34. The highest BCUT2D eigenvalue weighted by Crippen LogP contribution is 2.39. The standard InChI is InChI=1S/C28H45FO2/c1-3-5-7-8-10-12-24-15-18-26(19-27(24)29)23-13-16-25(17-14-23)28-30-20-22(21-31-28)11-9-6-4-2/h15,18-19,22-23,25,28H,3-14,16-17,20-21H2,1-2H3/t22?,23-,25-,28?. The van der Waals surface area contributed by atoms with Gasteiger partial charge in [0.15, 0.2) is 6.29 Å². The fourth-order valence-electron chi connectivity index (χ4n) is 5.34. The van der Waals surface area contributed by atoms with Crippen molar-refractivity contribution in [2.75, 3.05) is 13.2 Å². The van der Waals surface area contributed by atoms with Crippen LogP contribution in [0.25, 0.3) is 0 Å². The van der Waals surface area contributed by atoms with Crippen molar-refractivity contribution in [3.63, 3.8) is 0 Å². The Morgan fingerprint density at radius 1 is 0.839 bits per heavy atom. The van der Waals surface area contributed by atoms with Gasteiger partial charge in [0.05, 0.1) is 13.2 Å². The van der Waals surface area contributed by atoms with Gasteiger partial charge in [0.2, 0.25) is 0 Å². The van der Waals surface area contributed by atoms with Crippen molar-refractivity contribution < 1.29 is 13.9 Å². The van der Waals surface area contributed by atoms with Crippen LogP contribution in [-0.2, 0) is 15.9 Å². The van der Waals surface area contributed by atoms with Crippen LogP contribution < -0.4 is 0 Å². The zero-order valence-electron chi connectivity index (χ0n) is 20.0. The minimum atomic E-state index is -0.0183. The Morgan fingerprint density at radius 2 is 1.52 bits per heavy atom. The lowest BCUT2D eigenvalue weighted by Gasteiger charge is -2.37. The molecular weight excluding hydrogens is 387 g/mol. The highest BCUT2D eigenvalue weighted by atomic mass is 19.1. The van der Waals surface area contributed by atoms with Gasteiger partial charge >= 0.3 is 0 Å². The Kier molecular flexibility index (Phi) is 10.8. The summed E-state index contributed by atoms with van der Waals surface area (Å²) in [5, 5.41) is 0. The van der Waals surface area contributed by atoms with E-state index in [2.05, 4.69) is 19.9 Å². The molecule has 1 aliphatic heterocycles. The molecule has 2 nitrogen and oxygen atoms in total. The molecule has 1 saturated heterocycles. The average molecular weight is 433 g/mol. The Hall–Kier alpha value is -0.930. The lowest BCUT2D eigenvalue weighted by atomic mass is 9.78. The Morgan fingerprint density at radius 3 is 2.19 bits per heavy atom. The van der Waals surface area contributed by atoms with Crippen molar-refractivity contribution >= 4 is 0 Å². The summed E-state index contributed by atoms with van der Waals surface area (Å²) in [6.07, 6.45) is 16.6. The van der Waals surface area contributed by atoms with Gasteiger partial charge in [0.1, 0.15) is 5.82 Å². The molecule has 31 heavy (non-hydrogen) atoms. The molecule has 1 aromatic carbocycles. The van der Waals surface area contributed by atoms with Crippen LogP contribution in [0.5, 0.6) is 0 Å². The number of unbranched alkanes of at least 4 members (excludes halogenated alkanes) is 6. The highest BCUT2D eigenvalue weighted by Gasteiger charge is 2.32. The second kappa shape index (κ2) is 13.6. The van der Waals surface area contributed by atoms with Crippen LogP contribution in [0.1, 0.15) is 114 Å². The topological polar surface area (TPSA) is 18.5 Å². The van der Waals surface area contributed by atoms with Crippen molar-refractivity contribution in [2.24, 2.45) is 11.8 Å². The number of benzene rings is 1. The van der Waals surface area contributed by atoms with Crippen LogP contribution in [0.3, 0.4) is 0 Å². The number of aryl methyl sites for hydroxylation is 1. The van der Waals surface area contributed by atoms with E-state index in [1.807, 2.05) is 12.1 Å². The van der Waals surface area contributed by atoms with Crippen LogP contribution in [0.15, 0.2) is 18.2 Å². The Balaban J connectivity index is 1.39. The molecule has 0 atom stereocenters. The van der Waals surface area contributed by atoms with Gasteiger partial charge in [-0.05, 0) is 68.1 Å².